The molecule has 0 unspecified atom stereocenters. The maximum atomic E-state index is 5.79. The summed E-state index contributed by atoms with van der Waals surface area (Å²) in [6.45, 7) is 0. The number of imidazole rings is 1. The molecule has 0 aliphatic carbocycles. The summed E-state index contributed by atoms with van der Waals surface area (Å²) in [4.78, 5) is 10.2. The van der Waals surface area contributed by atoms with Gasteiger partial charge < -0.3 is 5.73 Å². The number of nitrogens with two attached hydrogens (primary N) is 1. The molecular weight excluding hydrogens is 308 g/mol. The smallest absolute Gasteiger partial charge is 0.193 e. The zero-order valence-electron chi connectivity index (χ0n) is 10.3. The van der Waals surface area contributed by atoms with Crippen molar-refractivity contribution in [1.29, 1.82) is 0 Å². The van der Waals surface area contributed by atoms with Crippen molar-refractivity contribution < 1.29 is 0 Å². The molecule has 1 aromatic carbocycles. The summed E-state index contributed by atoms with van der Waals surface area (Å²) in [5, 5.41) is 2.04. The van der Waals surface area contributed by atoms with E-state index in [-0.39, 0.29) is 0 Å². The van der Waals surface area contributed by atoms with Crippen LogP contribution in [0.4, 0.5) is 5.69 Å². The maximum absolute atomic E-state index is 5.79. The summed E-state index contributed by atoms with van der Waals surface area (Å²) >= 11 is 5.05. The summed E-state index contributed by atoms with van der Waals surface area (Å²) in [5.74, 6) is 0.837. The van der Waals surface area contributed by atoms with Crippen molar-refractivity contribution in [1.82, 2.24) is 14.4 Å². The van der Waals surface area contributed by atoms with E-state index in [9.17, 15) is 0 Å². The van der Waals surface area contributed by atoms with E-state index in [1.54, 1.807) is 34.4 Å². The van der Waals surface area contributed by atoms with E-state index in [1.807, 2.05) is 29.8 Å². The van der Waals surface area contributed by atoms with Crippen LogP contribution in [0.15, 0.2) is 40.3 Å². The van der Waals surface area contributed by atoms with Gasteiger partial charge in [-0.25, -0.2) is 9.97 Å². The van der Waals surface area contributed by atoms with Gasteiger partial charge in [0.05, 0.1) is 15.9 Å². The Morgan fingerprint density at radius 1 is 1.30 bits per heavy atom. The molecule has 3 aromatic heterocycles. The number of thiazole rings is 2. The maximum Gasteiger partial charge on any atom is 0.193 e. The average Bonchev–Trinajstić information content (AvgIpc) is 3.08. The lowest BCUT2D eigenvalue weighted by molar-refractivity contribution is 1.21. The third kappa shape index (κ3) is 2.17. The lowest BCUT2D eigenvalue weighted by Crippen LogP contribution is -1.81. The number of nitrogen functional groups attached to an aromatic ring is 1. The fraction of sp³-hybridized carbons (Fsp3) is 0.0769. The molecule has 0 bridgehead atoms. The van der Waals surface area contributed by atoms with Crippen LogP contribution in [0.25, 0.3) is 15.2 Å². The van der Waals surface area contributed by atoms with Crippen LogP contribution in [-0.4, -0.2) is 14.4 Å². The standard InChI is InChI=1S/C13H10N4S3/c14-8-1-2-10-11(5-8)20-13(16-10)19-7-9-6-17-3-4-18-12(17)15-9/h1-6H,7,14H2. The third-order valence-electron chi connectivity index (χ3n) is 2.88. The molecule has 0 atom stereocenters. The lowest BCUT2D eigenvalue weighted by Gasteiger charge is -1.91. The molecule has 4 rings (SSSR count). The van der Waals surface area contributed by atoms with Gasteiger partial charge in [-0.2, -0.15) is 0 Å². The first-order valence-corrected chi connectivity index (χ1v) is 8.66. The van der Waals surface area contributed by atoms with Crippen LogP contribution in [0.5, 0.6) is 0 Å². The number of hydrogen-bond acceptors (Lipinski definition) is 6. The molecule has 20 heavy (non-hydrogen) atoms. The second-order valence-electron chi connectivity index (χ2n) is 4.32. The van der Waals surface area contributed by atoms with Crippen molar-refractivity contribution >= 4 is 55.3 Å². The van der Waals surface area contributed by atoms with Crippen molar-refractivity contribution in [3.8, 4) is 0 Å². The van der Waals surface area contributed by atoms with Crippen LogP contribution < -0.4 is 5.73 Å². The molecule has 3 heterocycles. The molecule has 0 aliphatic rings. The number of aromatic nitrogens is 3. The van der Waals surface area contributed by atoms with E-state index < -0.39 is 0 Å². The molecule has 4 nitrogen and oxygen atoms in total. The summed E-state index contributed by atoms with van der Waals surface area (Å²) < 4.78 is 4.25. The Balaban J connectivity index is 1.56. The minimum Gasteiger partial charge on any atom is -0.399 e. The van der Waals surface area contributed by atoms with Gasteiger partial charge in [-0.15, -0.1) is 22.7 Å². The van der Waals surface area contributed by atoms with E-state index in [4.69, 9.17) is 5.73 Å². The van der Waals surface area contributed by atoms with Gasteiger partial charge >= 0.3 is 0 Å². The minimum absolute atomic E-state index is 0.784. The van der Waals surface area contributed by atoms with Crippen LogP contribution in [0, 0.1) is 0 Å². The normalized spacial score (nSPS) is 11.6. The first kappa shape index (κ1) is 12.2. The fourth-order valence-electron chi connectivity index (χ4n) is 1.96. The molecule has 7 heteroatoms. The highest BCUT2D eigenvalue weighted by molar-refractivity contribution is 8.00. The fourth-order valence-corrected chi connectivity index (χ4v) is 4.68. The zero-order chi connectivity index (χ0) is 13.5. The summed E-state index contributed by atoms with van der Waals surface area (Å²) in [7, 11) is 0. The molecule has 100 valence electrons. The molecule has 0 spiro atoms. The highest BCUT2D eigenvalue weighted by Crippen LogP contribution is 2.32. The molecule has 4 aromatic rings. The average molecular weight is 318 g/mol. The minimum atomic E-state index is 0.784. The number of rotatable bonds is 3. The number of hydrogen-bond donors (Lipinski definition) is 1. The van der Waals surface area contributed by atoms with Gasteiger partial charge in [-0.05, 0) is 18.2 Å². The highest BCUT2D eigenvalue weighted by atomic mass is 32.2. The lowest BCUT2D eigenvalue weighted by atomic mass is 10.3. The Bertz CT molecular complexity index is 861. The molecule has 0 saturated heterocycles. The van der Waals surface area contributed by atoms with E-state index in [0.717, 1.165) is 36.7 Å². The number of fused-ring (bicyclic) bond motifs is 2. The number of anilines is 1. The van der Waals surface area contributed by atoms with Gasteiger partial charge in [0.1, 0.15) is 0 Å². The third-order valence-corrected chi connectivity index (χ3v) is 5.84. The summed E-state index contributed by atoms with van der Waals surface area (Å²) in [6.07, 6.45) is 4.10. The second-order valence-corrected chi connectivity index (χ2v) is 7.45. The van der Waals surface area contributed by atoms with E-state index in [0.29, 0.717) is 0 Å². The number of benzene rings is 1. The second kappa shape index (κ2) is 4.76. The van der Waals surface area contributed by atoms with Crippen molar-refractivity contribution in [3.05, 3.63) is 41.7 Å². The van der Waals surface area contributed by atoms with E-state index in [2.05, 4.69) is 20.6 Å². The van der Waals surface area contributed by atoms with Crippen LogP contribution in [0.1, 0.15) is 5.69 Å². The monoisotopic (exact) mass is 318 g/mol. The molecule has 0 aliphatic heterocycles. The zero-order valence-corrected chi connectivity index (χ0v) is 12.8. The Hall–Kier alpha value is -1.57. The molecule has 0 fully saturated rings. The number of thioether (sulfide) groups is 1. The summed E-state index contributed by atoms with van der Waals surface area (Å²) in [6, 6.07) is 5.83. The number of nitrogens with zero attached hydrogens (tertiary/aromatic N) is 3. The first-order valence-electron chi connectivity index (χ1n) is 5.98. The van der Waals surface area contributed by atoms with Crippen LogP contribution in [0.3, 0.4) is 0 Å². The van der Waals surface area contributed by atoms with E-state index >= 15 is 0 Å². The molecular formula is C13H10N4S3. The Morgan fingerprint density at radius 2 is 2.25 bits per heavy atom. The van der Waals surface area contributed by atoms with Gasteiger partial charge in [0.15, 0.2) is 9.30 Å². The van der Waals surface area contributed by atoms with Crippen LogP contribution in [0.2, 0.25) is 0 Å². The van der Waals surface area contributed by atoms with Gasteiger partial charge in [0, 0.05) is 29.2 Å². The first-order chi connectivity index (χ1) is 9.78. The van der Waals surface area contributed by atoms with Gasteiger partial charge in [0.25, 0.3) is 0 Å². The highest BCUT2D eigenvalue weighted by Gasteiger charge is 2.07. The quantitative estimate of drug-likeness (QED) is 0.460. The molecule has 0 saturated carbocycles. The van der Waals surface area contributed by atoms with Gasteiger partial charge in [-0.1, -0.05) is 11.8 Å². The Kier molecular flexibility index (Phi) is 2.90. The topological polar surface area (TPSA) is 56.2 Å². The van der Waals surface area contributed by atoms with Crippen LogP contribution in [-0.2, 0) is 5.75 Å². The van der Waals surface area contributed by atoms with Crippen LogP contribution >= 0.6 is 34.4 Å². The molecule has 0 amide bonds. The van der Waals surface area contributed by atoms with Crippen molar-refractivity contribution in [3.63, 3.8) is 0 Å². The molecule has 0 radical (unpaired) electrons. The van der Waals surface area contributed by atoms with Gasteiger partial charge in [-0.3, -0.25) is 4.40 Å². The Labute approximate surface area is 127 Å². The van der Waals surface area contributed by atoms with Crippen molar-refractivity contribution in [2.24, 2.45) is 0 Å². The molecule has 2 N–H and O–H groups in total. The Morgan fingerprint density at radius 3 is 3.15 bits per heavy atom. The predicted molar refractivity (Wildman–Crippen MR) is 86.7 cm³/mol. The predicted octanol–water partition coefficient (Wildman–Crippen LogP) is 3.88. The van der Waals surface area contributed by atoms with Gasteiger partial charge in [0.2, 0.25) is 0 Å². The van der Waals surface area contributed by atoms with E-state index in [1.165, 1.54) is 0 Å². The SMILES string of the molecule is Nc1ccc2nc(SCc3cn4ccsc4n3)sc2c1. The summed E-state index contributed by atoms with van der Waals surface area (Å²) in [5.41, 5.74) is 8.67. The van der Waals surface area contributed by atoms with Crippen molar-refractivity contribution in [2.45, 2.75) is 10.1 Å². The largest absolute Gasteiger partial charge is 0.399 e. The van der Waals surface area contributed by atoms with Crippen molar-refractivity contribution in [2.75, 3.05) is 5.73 Å².